The van der Waals surface area contributed by atoms with Gasteiger partial charge >= 0.3 is 5.97 Å². The van der Waals surface area contributed by atoms with Crippen LogP contribution in [-0.2, 0) is 9.53 Å². The van der Waals surface area contributed by atoms with Gasteiger partial charge in [0.2, 0.25) is 0 Å². The molecule has 4 aliphatic rings. The number of aliphatic hydroxyl groups excluding tert-OH is 1. The van der Waals surface area contributed by atoms with Crippen LogP contribution in [0, 0.1) is 33.5 Å². The highest BCUT2D eigenvalue weighted by Gasteiger charge is 2.72. The second-order valence-electron chi connectivity index (χ2n) is 11.8. The number of aliphatic hydroxyl groups is 1. The van der Waals surface area contributed by atoms with Gasteiger partial charge in [0.05, 0.1) is 5.56 Å². The minimum Gasteiger partial charge on any atom is -0.458 e. The molecule has 4 heteroatoms. The molecule has 4 fully saturated rings. The molecule has 4 nitrogen and oxygen atoms in total. The van der Waals surface area contributed by atoms with E-state index < -0.39 is 0 Å². The number of hydrogen-bond donors (Lipinski definition) is 1. The van der Waals surface area contributed by atoms with Crippen LogP contribution >= 0.6 is 0 Å². The standard InChI is InChI=1S/C27H36O4/c1-24-12-13-27(16-24)19(15-21(24)29)14-20(31-23(30)18-8-5-4-6-9-18)22-25(2,17-28)10-7-11-26(22,27)3/h4-6,8-9,19-20,22,28H,7,10-17H2,1-3H3/t19-,20+,22?,24?,25?,26-,27?/m0/s1. The Morgan fingerprint density at radius 1 is 1.10 bits per heavy atom. The first-order valence-corrected chi connectivity index (χ1v) is 12.1. The zero-order valence-electron chi connectivity index (χ0n) is 19.2. The molecule has 7 atom stereocenters. The number of fused-ring (bicyclic) bond motifs is 2. The summed E-state index contributed by atoms with van der Waals surface area (Å²) in [6.45, 7) is 6.89. The molecule has 0 heterocycles. The van der Waals surface area contributed by atoms with Crippen LogP contribution in [0.4, 0.5) is 0 Å². The zero-order chi connectivity index (χ0) is 22.1. The molecule has 2 bridgehead atoms. The van der Waals surface area contributed by atoms with E-state index in [9.17, 15) is 14.7 Å². The Hall–Kier alpha value is -1.68. The number of ketones is 1. The summed E-state index contributed by atoms with van der Waals surface area (Å²) < 4.78 is 6.26. The summed E-state index contributed by atoms with van der Waals surface area (Å²) >= 11 is 0. The summed E-state index contributed by atoms with van der Waals surface area (Å²) in [7, 11) is 0. The van der Waals surface area contributed by atoms with Gasteiger partial charge in [0.25, 0.3) is 0 Å². The van der Waals surface area contributed by atoms with Crippen molar-refractivity contribution in [2.24, 2.45) is 33.5 Å². The predicted molar refractivity (Wildman–Crippen MR) is 118 cm³/mol. The van der Waals surface area contributed by atoms with Crippen LogP contribution in [0.5, 0.6) is 0 Å². The number of esters is 1. The fourth-order valence-electron chi connectivity index (χ4n) is 8.73. The minimum absolute atomic E-state index is 0.0360. The maximum absolute atomic E-state index is 13.1. The summed E-state index contributed by atoms with van der Waals surface area (Å²) in [4.78, 5) is 26.1. The molecule has 0 amide bonds. The van der Waals surface area contributed by atoms with Crippen LogP contribution in [0.1, 0.15) is 82.5 Å². The Morgan fingerprint density at radius 3 is 2.55 bits per heavy atom. The van der Waals surface area contributed by atoms with Gasteiger partial charge in [0.1, 0.15) is 11.9 Å². The summed E-state index contributed by atoms with van der Waals surface area (Å²) in [5.41, 5.74) is 0.192. The van der Waals surface area contributed by atoms with Crippen LogP contribution in [0.2, 0.25) is 0 Å². The molecule has 0 aromatic heterocycles. The predicted octanol–water partition coefficient (Wildman–Crippen LogP) is 5.19. The summed E-state index contributed by atoms with van der Waals surface area (Å²) in [6, 6.07) is 9.20. The largest absolute Gasteiger partial charge is 0.458 e. The van der Waals surface area contributed by atoms with Crippen molar-refractivity contribution in [2.75, 3.05) is 6.61 Å². The third-order valence-corrected chi connectivity index (χ3v) is 10.3. The Bertz CT molecular complexity index is 896. The van der Waals surface area contributed by atoms with Gasteiger partial charge in [0.15, 0.2) is 0 Å². The second-order valence-corrected chi connectivity index (χ2v) is 11.8. The highest BCUT2D eigenvalue weighted by molar-refractivity contribution is 5.89. The molecule has 168 valence electrons. The molecule has 4 unspecified atom stereocenters. The molecule has 0 saturated heterocycles. The summed E-state index contributed by atoms with van der Waals surface area (Å²) in [5.74, 6) is 0.499. The van der Waals surface area contributed by atoms with Crippen molar-refractivity contribution in [1.29, 1.82) is 0 Å². The first kappa shape index (κ1) is 21.2. The third-order valence-electron chi connectivity index (χ3n) is 10.3. The maximum atomic E-state index is 13.1. The zero-order valence-corrected chi connectivity index (χ0v) is 19.2. The van der Waals surface area contributed by atoms with E-state index in [0.29, 0.717) is 17.8 Å². The topological polar surface area (TPSA) is 63.6 Å². The van der Waals surface area contributed by atoms with Crippen LogP contribution in [0.3, 0.4) is 0 Å². The first-order chi connectivity index (χ1) is 14.7. The minimum atomic E-state index is -0.284. The fraction of sp³-hybridized carbons (Fsp3) is 0.704. The van der Waals surface area contributed by atoms with E-state index in [0.717, 1.165) is 44.9 Å². The van der Waals surface area contributed by atoms with Crippen LogP contribution in [-0.4, -0.2) is 29.6 Å². The van der Waals surface area contributed by atoms with Crippen LogP contribution < -0.4 is 0 Å². The highest BCUT2D eigenvalue weighted by Crippen LogP contribution is 2.75. The van der Waals surface area contributed by atoms with Gasteiger partial charge in [-0.05, 0) is 72.8 Å². The van der Waals surface area contributed by atoms with Crippen molar-refractivity contribution >= 4 is 11.8 Å². The first-order valence-electron chi connectivity index (χ1n) is 12.1. The van der Waals surface area contributed by atoms with Gasteiger partial charge in [-0.25, -0.2) is 4.79 Å². The average molecular weight is 425 g/mol. The van der Waals surface area contributed by atoms with Gasteiger partial charge in [-0.1, -0.05) is 45.4 Å². The lowest BCUT2D eigenvalue weighted by atomic mass is 9.37. The monoisotopic (exact) mass is 424 g/mol. The maximum Gasteiger partial charge on any atom is 0.338 e. The number of rotatable bonds is 3. The Kier molecular flexibility index (Phi) is 4.72. The van der Waals surface area contributed by atoms with E-state index in [4.69, 9.17) is 4.74 Å². The molecule has 1 aromatic carbocycles. The van der Waals surface area contributed by atoms with E-state index >= 15 is 0 Å². The fourth-order valence-corrected chi connectivity index (χ4v) is 8.73. The second kappa shape index (κ2) is 6.91. The third kappa shape index (κ3) is 2.83. The van der Waals surface area contributed by atoms with Crippen molar-refractivity contribution < 1.29 is 19.4 Å². The van der Waals surface area contributed by atoms with Crippen molar-refractivity contribution in [3.8, 4) is 0 Å². The molecule has 4 aliphatic carbocycles. The summed E-state index contributed by atoms with van der Waals surface area (Å²) in [6.07, 6.45) is 7.28. The van der Waals surface area contributed by atoms with E-state index in [1.807, 2.05) is 18.2 Å². The van der Waals surface area contributed by atoms with Gasteiger partial charge < -0.3 is 9.84 Å². The van der Waals surface area contributed by atoms with Crippen molar-refractivity contribution in [1.82, 2.24) is 0 Å². The molecule has 5 rings (SSSR count). The van der Waals surface area contributed by atoms with Crippen LogP contribution in [0.15, 0.2) is 30.3 Å². The van der Waals surface area contributed by atoms with Gasteiger partial charge in [-0.15, -0.1) is 0 Å². The lowest BCUT2D eigenvalue weighted by Gasteiger charge is -2.67. The Labute approximate surface area is 185 Å². The average Bonchev–Trinajstić information content (AvgIpc) is 3.08. The number of carbonyl (C=O) groups is 2. The van der Waals surface area contributed by atoms with E-state index in [2.05, 4.69) is 20.8 Å². The molecule has 0 aliphatic heterocycles. The van der Waals surface area contributed by atoms with E-state index in [-0.39, 0.29) is 52.2 Å². The summed E-state index contributed by atoms with van der Waals surface area (Å²) in [5, 5.41) is 10.5. The molecular weight excluding hydrogens is 388 g/mol. The number of benzene rings is 1. The quantitative estimate of drug-likeness (QED) is 0.679. The van der Waals surface area contributed by atoms with Crippen LogP contribution in [0.25, 0.3) is 0 Å². The van der Waals surface area contributed by atoms with Gasteiger partial charge in [-0.2, -0.15) is 0 Å². The number of hydrogen-bond acceptors (Lipinski definition) is 4. The molecule has 31 heavy (non-hydrogen) atoms. The molecular formula is C27H36O4. The highest BCUT2D eigenvalue weighted by atomic mass is 16.5. The number of ether oxygens (including phenoxy) is 1. The molecule has 4 saturated carbocycles. The smallest absolute Gasteiger partial charge is 0.338 e. The normalized spacial score (nSPS) is 46.2. The molecule has 1 spiro atoms. The lowest BCUT2D eigenvalue weighted by molar-refractivity contribution is -0.224. The molecule has 1 N–H and O–H groups in total. The lowest BCUT2D eigenvalue weighted by Crippen LogP contribution is -2.65. The van der Waals surface area contributed by atoms with E-state index in [1.54, 1.807) is 12.1 Å². The van der Waals surface area contributed by atoms with Crippen molar-refractivity contribution in [3.05, 3.63) is 35.9 Å². The molecule has 0 radical (unpaired) electrons. The Morgan fingerprint density at radius 2 is 1.84 bits per heavy atom. The Balaban J connectivity index is 1.57. The number of carbonyl (C=O) groups excluding carboxylic acids is 2. The van der Waals surface area contributed by atoms with Gasteiger partial charge in [-0.3, -0.25) is 4.79 Å². The number of Topliss-reactive ketones (excluding diaryl/α,β-unsaturated/α-hetero) is 1. The van der Waals surface area contributed by atoms with Crippen molar-refractivity contribution in [3.63, 3.8) is 0 Å². The van der Waals surface area contributed by atoms with Crippen molar-refractivity contribution in [2.45, 2.75) is 78.2 Å². The molecule has 1 aromatic rings. The van der Waals surface area contributed by atoms with Gasteiger partial charge in [0, 0.05) is 24.4 Å². The van der Waals surface area contributed by atoms with E-state index in [1.165, 1.54) is 0 Å². The SMILES string of the molecule is CC12CCC3(C1)[C@H](CC2=O)C[C@@H](OC(=O)c1ccccc1)C1C(C)(CO)CCC[C@@]13C.